The van der Waals surface area contributed by atoms with Gasteiger partial charge in [-0.15, -0.1) is 0 Å². The zero-order valence-electron chi connectivity index (χ0n) is 9.84. The molecule has 7 heteroatoms. The molecule has 0 bridgehead atoms. The van der Waals surface area contributed by atoms with Crippen molar-refractivity contribution in [2.45, 2.75) is 0 Å². The average molecular weight is 281 g/mol. The number of nitro benzene ring substituents is 1. The van der Waals surface area contributed by atoms with Gasteiger partial charge in [0.15, 0.2) is 5.76 Å². The summed E-state index contributed by atoms with van der Waals surface area (Å²) in [5.74, 6) is 0.162. The van der Waals surface area contributed by atoms with Gasteiger partial charge >= 0.3 is 0 Å². The van der Waals surface area contributed by atoms with Crippen LogP contribution in [0.15, 0.2) is 34.7 Å². The molecule has 2 rings (SSSR count). The summed E-state index contributed by atoms with van der Waals surface area (Å²) >= 11 is 5.97. The van der Waals surface area contributed by atoms with E-state index >= 15 is 0 Å². The maximum absolute atomic E-state index is 11.4. The molecule has 1 amide bonds. The van der Waals surface area contributed by atoms with Gasteiger partial charge in [-0.2, -0.15) is 0 Å². The number of benzene rings is 1. The molecule has 98 valence electrons. The van der Waals surface area contributed by atoms with Crippen LogP contribution in [0.3, 0.4) is 0 Å². The van der Waals surface area contributed by atoms with Crippen LogP contribution in [-0.2, 0) is 0 Å². The van der Waals surface area contributed by atoms with Gasteiger partial charge in [-0.25, -0.2) is 0 Å². The SMILES string of the molecule is CNC(=O)c1ccc(-c2ccc([N+](=O)[O-])cc2Cl)o1. The third kappa shape index (κ3) is 2.58. The number of carbonyl (C=O) groups is 1. The van der Waals surface area contributed by atoms with Gasteiger partial charge in [0.1, 0.15) is 5.76 Å². The summed E-state index contributed by atoms with van der Waals surface area (Å²) in [7, 11) is 1.49. The molecule has 0 aliphatic heterocycles. The molecule has 1 N–H and O–H groups in total. The number of hydrogen-bond acceptors (Lipinski definition) is 4. The number of amides is 1. The molecule has 0 spiro atoms. The van der Waals surface area contributed by atoms with Crippen molar-refractivity contribution in [2.24, 2.45) is 0 Å². The van der Waals surface area contributed by atoms with Gasteiger partial charge < -0.3 is 9.73 Å². The van der Waals surface area contributed by atoms with E-state index in [-0.39, 0.29) is 22.4 Å². The minimum atomic E-state index is -0.534. The monoisotopic (exact) mass is 280 g/mol. The molecule has 1 aromatic heterocycles. The number of hydrogen-bond donors (Lipinski definition) is 1. The molecular formula is C12H9ClN2O4. The molecule has 0 fully saturated rings. The van der Waals surface area contributed by atoms with Crippen LogP contribution in [0.5, 0.6) is 0 Å². The van der Waals surface area contributed by atoms with E-state index in [2.05, 4.69) is 5.32 Å². The Hall–Kier alpha value is -2.34. The number of nitro groups is 1. The second-order valence-electron chi connectivity index (χ2n) is 3.66. The second-order valence-corrected chi connectivity index (χ2v) is 4.07. The van der Waals surface area contributed by atoms with Crippen LogP contribution >= 0.6 is 11.6 Å². The molecular weight excluding hydrogens is 272 g/mol. The lowest BCUT2D eigenvalue weighted by atomic mass is 10.1. The highest BCUT2D eigenvalue weighted by Gasteiger charge is 2.15. The predicted molar refractivity (Wildman–Crippen MR) is 69.2 cm³/mol. The molecule has 0 radical (unpaired) electrons. The number of halogens is 1. The van der Waals surface area contributed by atoms with E-state index in [0.717, 1.165) is 0 Å². The minimum absolute atomic E-state index is 0.105. The first kappa shape index (κ1) is 13.1. The first-order chi connectivity index (χ1) is 9.02. The lowest BCUT2D eigenvalue weighted by Gasteiger charge is -2.00. The third-order valence-corrected chi connectivity index (χ3v) is 2.80. The Labute approximate surface area is 113 Å². The van der Waals surface area contributed by atoms with Crippen LogP contribution in [-0.4, -0.2) is 17.9 Å². The largest absolute Gasteiger partial charge is 0.451 e. The van der Waals surface area contributed by atoms with Crippen molar-refractivity contribution in [3.8, 4) is 11.3 Å². The summed E-state index contributed by atoms with van der Waals surface area (Å²) in [6, 6.07) is 7.12. The van der Waals surface area contributed by atoms with Crippen LogP contribution < -0.4 is 5.32 Å². The lowest BCUT2D eigenvalue weighted by Crippen LogP contribution is -2.16. The van der Waals surface area contributed by atoms with Gasteiger partial charge in [0, 0.05) is 24.7 Å². The van der Waals surface area contributed by atoms with Gasteiger partial charge in [0.05, 0.1) is 9.95 Å². The maximum atomic E-state index is 11.4. The van der Waals surface area contributed by atoms with Crippen LogP contribution in [0.1, 0.15) is 10.6 Å². The van der Waals surface area contributed by atoms with Crippen molar-refractivity contribution >= 4 is 23.2 Å². The van der Waals surface area contributed by atoms with Gasteiger partial charge in [-0.1, -0.05) is 11.6 Å². The fourth-order valence-electron chi connectivity index (χ4n) is 1.55. The highest BCUT2D eigenvalue weighted by Crippen LogP contribution is 2.32. The molecule has 1 aromatic carbocycles. The van der Waals surface area contributed by atoms with E-state index in [1.807, 2.05) is 0 Å². The van der Waals surface area contributed by atoms with Crippen LogP contribution in [0.25, 0.3) is 11.3 Å². The van der Waals surface area contributed by atoms with E-state index in [1.54, 1.807) is 6.07 Å². The summed E-state index contributed by atoms with van der Waals surface area (Å²) in [4.78, 5) is 21.4. The van der Waals surface area contributed by atoms with Gasteiger partial charge in [-0.05, 0) is 18.2 Å². The Bertz CT molecular complexity index is 651. The Morgan fingerprint density at radius 3 is 2.68 bits per heavy atom. The normalized spacial score (nSPS) is 10.2. The second kappa shape index (κ2) is 5.11. The Kier molecular flexibility index (Phi) is 3.52. The zero-order valence-corrected chi connectivity index (χ0v) is 10.6. The fourth-order valence-corrected chi connectivity index (χ4v) is 1.81. The zero-order chi connectivity index (χ0) is 14.0. The molecule has 1 heterocycles. The van der Waals surface area contributed by atoms with Gasteiger partial charge in [-0.3, -0.25) is 14.9 Å². The number of rotatable bonds is 3. The summed E-state index contributed by atoms with van der Waals surface area (Å²) in [6.07, 6.45) is 0. The molecule has 6 nitrogen and oxygen atoms in total. The first-order valence-electron chi connectivity index (χ1n) is 5.29. The van der Waals surface area contributed by atoms with Crippen LogP contribution in [0.4, 0.5) is 5.69 Å². The van der Waals surface area contributed by atoms with Gasteiger partial charge in [0.2, 0.25) is 0 Å². The topological polar surface area (TPSA) is 85.4 Å². The van der Waals surface area contributed by atoms with Crippen molar-refractivity contribution in [1.82, 2.24) is 5.32 Å². The molecule has 0 aliphatic rings. The van der Waals surface area contributed by atoms with Crippen molar-refractivity contribution in [2.75, 3.05) is 7.05 Å². The molecule has 0 saturated carbocycles. The number of non-ortho nitro benzene ring substituents is 1. The number of furan rings is 1. The van der Waals surface area contributed by atoms with Gasteiger partial charge in [0.25, 0.3) is 11.6 Å². The predicted octanol–water partition coefficient (Wildman–Crippen LogP) is 2.87. The van der Waals surface area contributed by atoms with Crippen molar-refractivity contribution in [1.29, 1.82) is 0 Å². The standard InChI is InChI=1S/C12H9ClN2O4/c1-14-12(16)11-5-4-10(19-11)8-3-2-7(15(17)18)6-9(8)13/h2-6H,1H3,(H,14,16). The van der Waals surface area contributed by atoms with E-state index in [9.17, 15) is 14.9 Å². The maximum Gasteiger partial charge on any atom is 0.286 e. The molecule has 2 aromatic rings. The quantitative estimate of drug-likeness (QED) is 0.692. The molecule has 0 atom stereocenters. The number of nitrogens with one attached hydrogen (secondary N) is 1. The molecule has 0 unspecified atom stereocenters. The van der Waals surface area contributed by atoms with Crippen molar-refractivity contribution in [3.05, 3.63) is 51.2 Å². The highest BCUT2D eigenvalue weighted by molar-refractivity contribution is 6.33. The van der Waals surface area contributed by atoms with Crippen molar-refractivity contribution < 1.29 is 14.1 Å². The molecule has 0 aliphatic carbocycles. The number of nitrogens with zero attached hydrogens (tertiary/aromatic N) is 1. The van der Waals surface area contributed by atoms with E-state index in [0.29, 0.717) is 11.3 Å². The first-order valence-corrected chi connectivity index (χ1v) is 5.67. The highest BCUT2D eigenvalue weighted by atomic mass is 35.5. The Morgan fingerprint density at radius 2 is 2.11 bits per heavy atom. The average Bonchev–Trinajstić information content (AvgIpc) is 2.87. The minimum Gasteiger partial charge on any atom is -0.451 e. The summed E-state index contributed by atoms with van der Waals surface area (Å²) < 4.78 is 5.34. The molecule has 19 heavy (non-hydrogen) atoms. The Balaban J connectivity index is 2.39. The van der Waals surface area contributed by atoms with E-state index in [4.69, 9.17) is 16.0 Å². The van der Waals surface area contributed by atoms with Crippen molar-refractivity contribution in [3.63, 3.8) is 0 Å². The van der Waals surface area contributed by atoms with Crippen LogP contribution in [0.2, 0.25) is 5.02 Å². The Morgan fingerprint density at radius 1 is 1.37 bits per heavy atom. The summed E-state index contributed by atoms with van der Waals surface area (Å²) in [6.45, 7) is 0. The lowest BCUT2D eigenvalue weighted by molar-refractivity contribution is -0.384. The smallest absolute Gasteiger partial charge is 0.286 e. The third-order valence-electron chi connectivity index (χ3n) is 2.49. The van der Waals surface area contributed by atoms with Crippen LogP contribution in [0, 0.1) is 10.1 Å². The fraction of sp³-hybridized carbons (Fsp3) is 0.0833. The summed E-state index contributed by atoms with van der Waals surface area (Å²) in [5.41, 5.74) is 0.384. The number of carbonyl (C=O) groups excluding carboxylic acids is 1. The molecule has 0 saturated heterocycles. The van der Waals surface area contributed by atoms with E-state index in [1.165, 1.54) is 31.3 Å². The summed E-state index contributed by atoms with van der Waals surface area (Å²) in [5, 5.41) is 13.2. The van der Waals surface area contributed by atoms with E-state index < -0.39 is 4.92 Å².